The zero-order chi connectivity index (χ0) is 21.5. The number of aliphatic hydroxyl groups is 1. The lowest BCUT2D eigenvalue weighted by molar-refractivity contribution is -0.180. The van der Waals surface area contributed by atoms with E-state index in [1.807, 2.05) is 13.8 Å². The molecule has 0 unspecified atom stereocenters. The van der Waals surface area contributed by atoms with E-state index in [1.165, 1.54) is 22.7 Å². The highest BCUT2D eigenvalue weighted by molar-refractivity contribution is 8.01. The Morgan fingerprint density at radius 1 is 1.43 bits per heavy atom. The molecule has 6 nitrogen and oxygen atoms in total. The molecule has 1 amide bonds. The molecule has 0 aromatic carbocycles. The highest BCUT2D eigenvalue weighted by Crippen LogP contribution is 2.54. The molecule has 156 valence electrons. The molecule has 0 bridgehead atoms. The number of fused-ring (bicyclic) bond motifs is 1. The number of carbonyl (C=O) groups excluding carboxylic acids is 2. The van der Waals surface area contributed by atoms with Crippen molar-refractivity contribution in [2.45, 2.75) is 74.5 Å². The first-order valence-electron chi connectivity index (χ1n) is 9.33. The van der Waals surface area contributed by atoms with Crippen LogP contribution in [0, 0.1) is 11.8 Å². The third-order valence-electron chi connectivity index (χ3n) is 5.68. The van der Waals surface area contributed by atoms with Crippen molar-refractivity contribution in [1.29, 1.82) is 0 Å². The van der Waals surface area contributed by atoms with Gasteiger partial charge >= 0.3 is 5.97 Å². The van der Waals surface area contributed by atoms with Crippen LogP contribution < -0.4 is 0 Å². The molecule has 1 N–H and O–H groups in total. The van der Waals surface area contributed by atoms with Crippen molar-refractivity contribution in [3.05, 3.63) is 12.7 Å². The molecular formula is C20H31NO5SSi. The summed E-state index contributed by atoms with van der Waals surface area (Å²) in [5.74, 6) is 4.48. The number of rotatable bonds is 5. The number of hydrogen-bond donors (Lipinski definition) is 1. The molecule has 2 aliphatic heterocycles. The van der Waals surface area contributed by atoms with E-state index in [-0.39, 0.29) is 18.3 Å². The molecule has 2 saturated heterocycles. The highest BCUT2D eigenvalue weighted by atomic mass is 32.2. The lowest BCUT2D eigenvalue weighted by Crippen LogP contribution is -2.73. The molecule has 3 atom stereocenters. The predicted octanol–water partition coefficient (Wildman–Crippen LogP) is 2.53. The van der Waals surface area contributed by atoms with Gasteiger partial charge in [-0.1, -0.05) is 45.3 Å². The van der Waals surface area contributed by atoms with Gasteiger partial charge < -0.3 is 19.2 Å². The van der Waals surface area contributed by atoms with Gasteiger partial charge in [-0.25, -0.2) is 4.79 Å². The van der Waals surface area contributed by atoms with Crippen molar-refractivity contribution in [1.82, 2.24) is 4.90 Å². The molecule has 2 fully saturated rings. The largest absolute Gasteiger partial charge is 0.460 e. The van der Waals surface area contributed by atoms with E-state index in [4.69, 9.17) is 9.16 Å². The van der Waals surface area contributed by atoms with Gasteiger partial charge in [0.25, 0.3) is 5.91 Å². The second-order valence-electron chi connectivity index (χ2n) is 9.22. The van der Waals surface area contributed by atoms with Crippen molar-refractivity contribution in [3.8, 4) is 11.8 Å². The van der Waals surface area contributed by atoms with Gasteiger partial charge in [-0.3, -0.25) is 4.79 Å². The minimum atomic E-state index is -1.95. The Bertz CT molecular complexity index is 733. The number of β-lactam (4-membered cyclic amide) rings is 1. The van der Waals surface area contributed by atoms with Crippen molar-refractivity contribution in [2.75, 3.05) is 13.2 Å². The van der Waals surface area contributed by atoms with Gasteiger partial charge in [0.1, 0.15) is 18.0 Å². The summed E-state index contributed by atoms with van der Waals surface area (Å²) in [5, 5.41) is 10.3. The Labute approximate surface area is 173 Å². The molecule has 2 heterocycles. The number of amides is 1. The molecule has 0 aliphatic carbocycles. The molecule has 28 heavy (non-hydrogen) atoms. The van der Waals surface area contributed by atoms with E-state index in [0.717, 1.165) is 0 Å². The maximum atomic E-state index is 12.7. The van der Waals surface area contributed by atoms with E-state index < -0.39 is 42.0 Å². The Hall–Kier alpha value is -1.27. The van der Waals surface area contributed by atoms with E-state index in [0.29, 0.717) is 0 Å². The van der Waals surface area contributed by atoms with Crippen LogP contribution in [-0.4, -0.2) is 65.2 Å². The molecule has 8 heteroatoms. The Balaban J connectivity index is 2.12. The Morgan fingerprint density at radius 3 is 2.57 bits per heavy atom. The summed E-state index contributed by atoms with van der Waals surface area (Å²) in [7, 11) is -1.95. The van der Waals surface area contributed by atoms with Gasteiger partial charge in [-0.05, 0) is 32.0 Å². The molecule has 2 aliphatic rings. The average molecular weight is 426 g/mol. The number of carbonyl (C=O) groups is 2. The first-order valence-corrected chi connectivity index (χ1v) is 13.1. The van der Waals surface area contributed by atoms with Crippen LogP contribution in [0.15, 0.2) is 12.7 Å². The maximum absolute atomic E-state index is 12.7. The predicted molar refractivity (Wildman–Crippen MR) is 113 cm³/mol. The van der Waals surface area contributed by atoms with Gasteiger partial charge in [0.2, 0.25) is 5.60 Å². The zero-order valence-electron chi connectivity index (χ0n) is 17.8. The van der Waals surface area contributed by atoms with Crippen LogP contribution in [0.25, 0.3) is 0 Å². The fourth-order valence-corrected chi connectivity index (χ4v) is 5.40. The van der Waals surface area contributed by atoms with E-state index >= 15 is 0 Å². The molecule has 0 aromatic heterocycles. The Kier molecular flexibility index (Phi) is 6.18. The Morgan fingerprint density at radius 2 is 2.04 bits per heavy atom. The van der Waals surface area contributed by atoms with Gasteiger partial charge in [0.15, 0.2) is 8.32 Å². The quantitative estimate of drug-likeness (QED) is 0.240. The van der Waals surface area contributed by atoms with Crippen LogP contribution >= 0.6 is 11.8 Å². The number of nitrogens with zero attached hydrogens (tertiary/aromatic N) is 1. The number of hydrogen-bond acceptors (Lipinski definition) is 6. The second-order valence-corrected chi connectivity index (χ2v) is 15.8. The number of thioether (sulfide) groups is 1. The zero-order valence-corrected chi connectivity index (χ0v) is 19.6. The monoisotopic (exact) mass is 425 g/mol. The average Bonchev–Trinajstić information content (AvgIpc) is 2.84. The number of ether oxygens (including phenoxy) is 1. The lowest BCUT2D eigenvalue weighted by atomic mass is 9.88. The standard InChI is InChI=1S/C20H31NO5SSi/c1-9-12-25-15(22)14-19(5,6)27-17-20(24,16(23)21(14)17)11-10-13-26-28(7,8)18(2,3)4/h9,14,17,24H,1,12-13H2,2-8H3/t14-,17+,20+/m0/s1. The van der Waals surface area contributed by atoms with Crippen molar-refractivity contribution < 1.29 is 23.9 Å². The topological polar surface area (TPSA) is 76.1 Å². The highest BCUT2D eigenvalue weighted by Gasteiger charge is 2.71. The van der Waals surface area contributed by atoms with Crippen LogP contribution in [0.5, 0.6) is 0 Å². The maximum Gasteiger partial charge on any atom is 0.330 e. The van der Waals surface area contributed by atoms with Crippen LogP contribution in [-0.2, 0) is 18.8 Å². The third kappa shape index (κ3) is 3.90. The minimum absolute atomic E-state index is 0.0546. The first kappa shape index (κ1) is 23.0. The normalized spacial score (nSPS) is 28.7. The SMILES string of the molecule is C=CCOC(=O)[C@@H]1N2C(=O)[C@](O)(C#CCO[Si](C)(C)C(C)(C)C)[C@H]2SC1(C)C. The van der Waals surface area contributed by atoms with Gasteiger partial charge in [0, 0.05) is 4.75 Å². The van der Waals surface area contributed by atoms with Crippen LogP contribution in [0.2, 0.25) is 18.1 Å². The third-order valence-corrected chi connectivity index (χ3v) is 11.8. The van der Waals surface area contributed by atoms with E-state index in [1.54, 1.807) is 0 Å². The summed E-state index contributed by atoms with van der Waals surface area (Å²) in [6.07, 6.45) is 1.48. The van der Waals surface area contributed by atoms with Gasteiger partial charge in [0.05, 0.1) is 6.61 Å². The lowest BCUT2D eigenvalue weighted by Gasteiger charge is -2.46. The minimum Gasteiger partial charge on any atom is -0.460 e. The van der Waals surface area contributed by atoms with E-state index in [9.17, 15) is 14.7 Å². The first-order chi connectivity index (χ1) is 12.7. The second kappa shape index (κ2) is 7.52. The summed E-state index contributed by atoms with van der Waals surface area (Å²) in [4.78, 5) is 26.5. The molecule has 0 radical (unpaired) electrons. The summed E-state index contributed by atoms with van der Waals surface area (Å²) in [6, 6.07) is -0.763. The molecule has 0 spiro atoms. The van der Waals surface area contributed by atoms with Crippen LogP contribution in [0.1, 0.15) is 34.6 Å². The number of esters is 1. The summed E-state index contributed by atoms with van der Waals surface area (Å²) in [5.41, 5.74) is -1.80. The van der Waals surface area contributed by atoms with Gasteiger partial charge in [-0.2, -0.15) is 0 Å². The van der Waals surface area contributed by atoms with Crippen LogP contribution in [0.3, 0.4) is 0 Å². The summed E-state index contributed by atoms with van der Waals surface area (Å²) >= 11 is 1.36. The molecule has 2 rings (SSSR count). The van der Waals surface area contributed by atoms with E-state index in [2.05, 4.69) is 52.3 Å². The summed E-state index contributed by atoms with van der Waals surface area (Å²) in [6.45, 7) is 18.1. The molecule has 0 saturated carbocycles. The van der Waals surface area contributed by atoms with Crippen LogP contribution in [0.4, 0.5) is 0 Å². The fraction of sp³-hybridized carbons (Fsp3) is 0.700. The fourth-order valence-electron chi connectivity index (χ4n) is 2.96. The van der Waals surface area contributed by atoms with Crippen molar-refractivity contribution in [3.63, 3.8) is 0 Å². The molecule has 0 aromatic rings. The van der Waals surface area contributed by atoms with Crippen molar-refractivity contribution in [2.24, 2.45) is 0 Å². The smallest absolute Gasteiger partial charge is 0.330 e. The molecular weight excluding hydrogens is 394 g/mol. The van der Waals surface area contributed by atoms with Crippen molar-refractivity contribution >= 4 is 32.0 Å². The summed E-state index contributed by atoms with van der Waals surface area (Å²) < 4.78 is 10.5. The van der Waals surface area contributed by atoms with Gasteiger partial charge in [-0.15, -0.1) is 11.8 Å².